The van der Waals surface area contributed by atoms with Crippen molar-refractivity contribution in [3.63, 3.8) is 0 Å². The minimum absolute atomic E-state index is 0.189. The van der Waals surface area contributed by atoms with E-state index in [2.05, 4.69) is 44.8 Å². The van der Waals surface area contributed by atoms with Gasteiger partial charge in [0.2, 0.25) is 5.95 Å². The summed E-state index contributed by atoms with van der Waals surface area (Å²) < 4.78 is 1.01. The van der Waals surface area contributed by atoms with Crippen LogP contribution in [0.3, 0.4) is 0 Å². The third-order valence-electron chi connectivity index (χ3n) is 7.80. The lowest BCUT2D eigenvalue weighted by molar-refractivity contribution is 0.00446. The second kappa shape index (κ2) is 11.0. The van der Waals surface area contributed by atoms with Crippen LogP contribution in [0, 0.1) is 12.8 Å². The average Bonchev–Trinajstić information content (AvgIpc) is 3.50. The number of fused-ring (bicyclic) bond motifs is 1. The molecule has 39 heavy (non-hydrogen) atoms. The van der Waals surface area contributed by atoms with Gasteiger partial charge in [-0.1, -0.05) is 18.2 Å². The van der Waals surface area contributed by atoms with Crippen LogP contribution in [0.1, 0.15) is 25.0 Å². The molecule has 4 aromatic rings. The molecule has 4 atom stereocenters. The normalized spacial score (nSPS) is 23.8. The van der Waals surface area contributed by atoms with Gasteiger partial charge in [0.15, 0.2) is 0 Å². The number of thiazole rings is 1. The van der Waals surface area contributed by atoms with Crippen LogP contribution in [0.25, 0.3) is 20.8 Å². The number of benzene rings is 1. The van der Waals surface area contributed by atoms with Gasteiger partial charge in [0.1, 0.15) is 22.4 Å². The zero-order chi connectivity index (χ0) is 26.9. The lowest BCUT2D eigenvalue weighted by Gasteiger charge is -2.34. The van der Waals surface area contributed by atoms with E-state index in [1.165, 1.54) is 17.0 Å². The molecular formula is C28H33N7O3S. The first kappa shape index (κ1) is 25.9. The Morgan fingerprint density at radius 2 is 1.79 bits per heavy atom. The molecule has 4 heterocycles. The van der Waals surface area contributed by atoms with Gasteiger partial charge in [-0.05, 0) is 44.4 Å². The summed E-state index contributed by atoms with van der Waals surface area (Å²) in [6, 6.07) is 12.1. The number of aliphatic hydroxyl groups is 3. The number of rotatable bonds is 7. The molecule has 10 nitrogen and oxygen atoms in total. The van der Waals surface area contributed by atoms with Crippen LogP contribution >= 0.6 is 11.3 Å². The van der Waals surface area contributed by atoms with E-state index in [9.17, 15) is 15.3 Å². The number of piperidine rings is 1. The van der Waals surface area contributed by atoms with Crippen molar-refractivity contribution in [2.24, 2.45) is 5.92 Å². The highest BCUT2D eigenvalue weighted by Crippen LogP contribution is 2.38. The van der Waals surface area contributed by atoms with Gasteiger partial charge in [-0.15, -0.1) is 11.3 Å². The second-order valence-electron chi connectivity index (χ2n) is 10.4. The van der Waals surface area contributed by atoms with Gasteiger partial charge in [0.25, 0.3) is 0 Å². The molecule has 1 aliphatic heterocycles. The predicted molar refractivity (Wildman–Crippen MR) is 153 cm³/mol. The molecule has 11 heteroatoms. The second-order valence-corrected chi connectivity index (χ2v) is 11.4. The van der Waals surface area contributed by atoms with Crippen molar-refractivity contribution in [1.82, 2.24) is 19.9 Å². The number of aromatic nitrogens is 4. The molecule has 1 aliphatic carbocycles. The molecule has 0 radical (unpaired) electrons. The van der Waals surface area contributed by atoms with Crippen LogP contribution in [0.5, 0.6) is 0 Å². The molecule has 0 amide bonds. The number of hydrogen-bond donors (Lipinski definition) is 5. The maximum Gasteiger partial charge on any atom is 0.225 e. The van der Waals surface area contributed by atoms with E-state index in [1.54, 1.807) is 12.4 Å². The fourth-order valence-electron chi connectivity index (χ4n) is 5.61. The summed E-state index contributed by atoms with van der Waals surface area (Å²) in [5.41, 5.74) is 3.56. The maximum atomic E-state index is 10.7. The molecule has 0 bridgehead atoms. The molecule has 2 aliphatic rings. The summed E-state index contributed by atoms with van der Waals surface area (Å²) in [6.07, 6.45) is 3.79. The van der Waals surface area contributed by atoms with Crippen LogP contribution in [0.15, 0.2) is 48.8 Å². The Morgan fingerprint density at radius 3 is 2.51 bits per heavy atom. The Kier molecular flexibility index (Phi) is 7.30. The Labute approximate surface area is 230 Å². The van der Waals surface area contributed by atoms with E-state index in [0.717, 1.165) is 52.4 Å². The summed E-state index contributed by atoms with van der Waals surface area (Å²) >= 11 is 1.53. The van der Waals surface area contributed by atoms with Crippen molar-refractivity contribution in [2.75, 3.05) is 35.2 Å². The summed E-state index contributed by atoms with van der Waals surface area (Å²) in [4.78, 5) is 21.1. The molecule has 0 spiro atoms. The molecule has 6 rings (SSSR count). The number of para-hydroxylation sites is 1. The number of nitrogens with zero attached hydrogens (tertiary/aromatic N) is 5. The van der Waals surface area contributed by atoms with Crippen LogP contribution in [0.2, 0.25) is 0 Å². The van der Waals surface area contributed by atoms with Crippen LogP contribution in [-0.2, 0) is 0 Å². The third kappa shape index (κ3) is 5.27. The molecule has 0 unspecified atom stereocenters. The van der Waals surface area contributed by atoms with Crippen LogP contribution < -0.4 is 15.5 Å². The predicted octanol–water partition coefficient (Wildman–Crippen LogP) is 3.05. The van der Waals surface area contributed by atoms with Crippen molar-refractivity contribution in [3.8, 4) is 10.6 Å². The van der Waals surface area contributed by atoms with E-state index in [-0.39, 0.29) is 12.6 Å². The molecule has 1 aromatic carbocycles. The Hall–Kier alpha value is -3.38. The highest BCUT2D eigenvalue weighted by atomic mass is 32.1. The molecule has 5 N–H and O–H groups in total. The van der Waals surface area contributed by atoms with Gasteiger partial charge in [-0.2, -0.15) is 4.98 Å². The Balaban J connectivity index is 1.27. The average molecular weight is 548 g/mol. The largest absolute Gasteiger partial charge is 0.396 e. The maximum absolute atomic E-state index is 10.7. The van der Waals surface area contributed by atoms with Crippen molar-refractivity contribution in [3.05, 3.63) is 54.5 Å². The molecular weight excluding hydrogens is 514 g/mol. The van der Waals surface area contributed by atoms with E-state index >= 15 is 0 Å². The van der Waals surface area contributed by atoms with E-state index in [0.29, 0.717) is 18.2 Å². The fraction of sp³-hybridized carbons (Fsp3) is 0.429. The van der Waals surface area contributed by atoms with Crippen LogP contribution in [-0.4, -0.2) is 79.2 Å². The number of hydrogen-bond acceptors (Lipinski definition) is 11. The van der Waals surface area contributed by atoms with Gasteiger partial charge >= 0.3 is 0 Å². The minimum atomic E-state index is -1.02. The van der Waals surface area contributed by atoms with Crippen molar-refractivity contribution >= 4 is 39.0 Å². The smallest absolute Gasteiger partial charge is 0.225 e. The number of anilines is 3. The first-order chi connectivity index (χ1) is 19.0. The highest BCUT2D eigenvalue weighted by molar-refractivity contribution is 7.21. The summed E-state index contributed by atoms with van der Waals surface area (Å²) in [6.45, 7) is 3.63. The molecule has 3 aromatic heterocycles. The SMILES string of the molecule is Cc1nc(NC2CCN(c3ccccc3)CC2)nc(N[C@@H]2C[C@H](CO)[C@@H](O)[C@H]2O)c1-c1nc2cnccc2s1. The monoisotopic (exact) mass is 547 g/mol. The molecule has 2 fully saturated rings. The molecule has 204 valence electrons. The number of nitrogens with one attached hydrogen (secondary N) is 2. The molecule has 1 saturated heterocycles. The van der Waals surface area contributed by atoms with Crippen molar-refractivity contribution in [1.29, 1.82) is 0 Å². The zero-order valence-electron chi connectivity index (χ0n) is 21.7. The topological polar surface area (TPSA) is 140 Å². The van der Waals surface area contributed by atoms with E-state index in [1.807, 2.05) is 19.1 Å². The van der Waals surface area contributed by atoms with E-state index in [4.69, 9.17) is 15.0 Å². The number of pyridine rings is 1. The fourth-order valence-corrected chi connectivity index (χ4v) is 6.64. The van der Waals surface area contributed by atoms with Gasteiger partial charge in [0.05, 0.1) is 34.3 Å². The van der Waals surface area contributed by atoms with Gasteiger partial charge in [-0.25, -0.2) is 9.97 Å². The lowest BCUT2D eigenvalue weighted by Crippen LogP contribution is -2.39. The first-order valence-electron chi connectivity index (χ1n) is 13.4. The Bertz CT molecular complexity index is 1390. The summed E-state index contributed by atoms with van der Waals surface area (Å²) in [7, 11) is 0. The number of aliphatic hydroxyl groups excluding tert-OH is 3. The van der Waals surface area contributed by atoms with Crippen molar-refractivity contribution in [2.45, 2.75) is 50.5 Å². The standard InChI is InChI=1S/C28H33N7O3S/c1-16-23(27-33-21-14-29-10-7-22(21)39-27)26(32-20-13-17(15-36)24(37)25(20)38)34-28(30-16)31-18-8-11-35(12-9-18)19-5-3-2-4-6-19/h2-7,10,14,17-18,20,24-25,36-38H,8-9,11-13,15H2,1H3,(H2,30,31,32,34)/t17-,20-,24-,25+/m1/s1. The first-order valence-corrected chi connectivity index (χ1v) is 14.2. The van der Waals surface area contributed by atoms with Gasteiger partial charge in [0, 0.05) is 43.5 Å². The van der Waals surface area contributed by atoms with Gasteiger partial charge in [-0.3, -0.25) is 4.98 Å². The van der Waals surface area contributed by atoms with Gasteiger partial charge < -0.3 is 30.9 Å². The lowest BCUT2D eigenvalue weighted by atomic mass is 10.0. The number of aryl methyl sites for hydroxylation is 1. The highest BCUT2D eigenvalue weighted by Gasteiger charge is 2.41. The molecule has 1 saturated carbocycles. The minimum Gasteiger partial charge on any atom is -0.396 e. The quantitative estimate of drug-likeness (QED) is 0.235. The summed E-state index contributed by atoms with van der Waals surface area (Å²) in [5, 5.41) is 38.4. The van der Waals surface area contributed by atoms with Crippen LogP contribution in [0.4, 0.5) is 17.5 Å². The summed E-state index contributed by atoms with van der Waals surface area (Å²) in [5.74, 6) is 0.671. The zero-order valence-corrected chi connectivity index (χ0v) is 22.6. The van der Waals surface area contributed by atoms with E-state index < -0.39 is 24.2 Å². The Morgan fingerprint density at radius 1 is 1.00 bits per heavy atom. The third-order valence-corrected chi connectivity index (χ3v) is 8.86. The van der Waals surface area contributed by atoms with Crippen molar-refractivity contribution < 1.29 is 15.3 Å².